The summed E-state index contributed by atoms with van der Waals surface area (Å²) >= 11 is 12.3. The summed E-state index contributed by atoms with van der Waals surface area (Å²) < 4.78 is 5.26. The van der Waals surface area contributed by atoms with Crippen molar-refractivity contribution < 1.29 is 9.53 Å². The van der Waals surface area contributed by atoms with Crippen LogP contribution in [0.15, 0.2) is 36.5 Å². The molecule has 132 valence electrons. The molecule has 2 heterocycles. The third-order valence-electron chi connectivity index (χ3n) is 4.05. The summed E-state index contributed by atoms with van der Waals surface area (Å²) in [5.41, 5.74) is 1.50. The number of hydrogen-bond donors (Lipinski definition) is 1. The van der Waals surface area contributed by atoms with Crippen molar-refractivity contribution in [1.29, 1.82) is 0 Å². The maximum Gasteiger partial charge on any atom is 0.255 e. The first-order valence-electron chi connectivity index (χ1n) is 8.15. The van der Waals surface area contributed by atoms with E-state index in [4.69, 9.17) is 27.9 Å². The zero-order valence-electron chi connectivity index (χ0n) is 13.7. The van der Waals surface area contributed by atoms with E-state index in [9.17, 15) is 4.79 Å². The van der Waals surface area contributed by atoms with Gasteiger partial charge in [0, 0.05) is 35.9 Å². The third kappa shape index (κ3) is 4.63. The number of hydrogen-bond acceptors (Lipinski definition) is 4. The van der Waals surface area contributed by atoms with Crippen LogP contribution in [0.1, 0.15) is 15.9 Å². The van der Waals surface area contributed by atoms with Gasteiger partial charge in [-0.25, -0.2) is 4.98 Å². The molecule has 1 amide bonds. The number of benzene rings is 1. The number of anilines is 1. The van der Waals surface area contributed by atoms with E-state index in [0.717, 1.165) is 5.56 Å². The van der Waals surface area contributed by atoms with Gasteiger partial charge in [0.25, 0.3) is 5.91 Å². The maximum absolute atomic E-state index is 12.4. The summed E-state index contributed by atoms with van der Waals surface area (Å²) in [5, 5.41) is 4.54. The number of carbonyl (C=O) groups is 1. The molecule has 0 spiro atoms. The van der Waals surface area contributed by atoms with E-state index in [-0.39, 0.29) is 5.91 Å². The molecule has 25 heavy (non-hydrogen) atoms. The molecule has 0 unspecified atom stereocenters. The highest BCUT2D eigenvalue weighted by atomic mass is 35.5. The molecular weight excluding hydrogens is 361 g/mol. The first kappa shape index (κ1) is 18.0. The van der Waals surface area contributed by atoms with Crippen molar-refractivity contribution >= 4 is 34.9 Å². The van der Waals surface area contributed by atoms with Gasteiger partial charge < -0.3 is 15.0 Å². The molecule has 0 atom stereocenters. The number of ether oxygens (including phenoxy) is 1. The lowest BCUT2D eigenvalue weighted by Gasteiger charge is -2.26. The van der Waals surface area contributed by atoms with Crippen molar-refractivity contribution in [2.75, 3.05) is 38.2 Å². The minimum absolute atomic E-state index is 0.00907. The summed E-state index contributed by atoms with van der Waals surface area (Å²) in [7, 11) is 0. The molecular formula is C18H19Cl2N3O2. The van der Waals surface area contributed by atoms with E-state index in [1.54, 1.807) is 17.2 Å². The molecule has 1 aromatic heterocycles. The minimum atomic E-state index is -0.00907. The van der Waals surface area contributed by atoms with Gasteiger partial charge in [0.1, 0.15) is 5.82 Å². The van der Waals surface area contributed by atoms with Crippen LogP contribution in [0.2, 0.25) is 10.0 Å². The Morgan fingerprint density at radius 2 is 1.88 bits per heavy atom. The molecule has 0 radical (unpaired) electrons. The van der Waals surface area contributed by atoms with Gasteiger partial charge in [-0.1, -0.05) is 29.3 Å². The van der Waals surface area contributed by atoms with Crippen molar-refractivity contribution in [3.05, 3.63) is 57.7 Å². The number of carbonyl (C=O) groups excluding carboxylic acids is 1. The van der Waals surface area contributed by atoms with Crippen LogP contribution in [0.25, 0.3) is 0 Å². The zero-order valence-corrected chi connectivity index (χ0v) is 15.2. The summed E-state index contributed by atoms with van der Waals surface area (Å²) in [4.78, 5) is 18.5. The van der Waals surface area contributed by atoms with Crippen LogP contribution in [0.5, 0.6) is 0 Å². The number of nitrogens with one attached hydrogen (secondary N) is 1. The van der Waals surface area contributed by atoms with Gasteiger partial charge in [-0.3, -0.25) is 4.79 Å². The normalized spacial score (nSPS) is 14.4. The molecule has 0 saturated carbocycles. The maximum atomic E-state index is 12.4. The second-order valence-corrected chi connectivity index (χ2v) is 6.53. The quantitative estimate of drug-likeness (QED) is 0.863. The van der Waals surface area contributed by atoms with Crippen molar-refractivity contribution in [2.24, 2.45) is 0 Å². The van der Waals surface area contributed by atoms with E-state index in [1.165, 1.54) is 0 Å². The highest BCUT2D eigenvalue weighted by molar-refractivity contribution is 6.36. The molecule has 1 aliphatic rings. The monoisotopic (exact) mass is 379 g/mol. The van der Waals surface area contributed by atoms with Gasteiger partial charge in [-0.15, -0.1) is 0 Å². The standard InChI is InChI=1S/C18H19Cl2N3O2/c19-15-2-1-3-16(20)14(15)6-7-21-17-5-4-13(12-22-17)18(24)23-8-10-25-11-9-23/h1-5,12H,6-11H2,(H,21,22). The van der Waals surface area contributed by atoms with Gasteiger partial charge >= 0.3 is 0 Å². The fraction of sp³-hybridized carbons (Fsp3) is 0.333. The smallest absolute Gasteiger partial charge is 0.255 e. The molecule has 7 heteroatoms. The fourth-order valence-corrected chi connectivity index (χ4v) is 3.25. The lowest BCUT2D eigenvalue weighted by Crippen LogP contribution is -2.40. The number of rotatable bonds is 5. The number of amides is 1. The largest absolute Gasteiger partial charge is 0.378 e. The van der Waals surface area contributed by atoms with E-state index in [1.807, 2.05) is 24.3 Å². The van der Waals surface area contributed by atoms with E-state index in [0.29, 0.717) is 60.7 Å². The molecule has 0 aliphatic carbocycles. The van der Waals surface area contributed by atoms with Crippen molar-refractivity contribution in [1.82, 2.24) is 9.88 Å². The van der Waals surface area contributed by atoms with Crippen LogP contribution < -0.4 is 5.32 Å². The average molecular weight is 380 g/mol. The predicted octanol–water partition coefficient (Wildman–Crippen LogP) is 3.52. The molecule has 1 aromatic carbocycles. The zero-order chi connectivity index (χ0) is 17.6. The Labute approximate surface area is 156 Å². The van der Waals surface area contributed by atoms with E-state index in [2.05, 4.69) is 10.3 Å². The number of halogens is 2. The minimum Gasteiger partial charge on any atom is -0.378 e. The third-order valence-corrected chi connectivity index (χ3v) is 4.76. The van der Waals surface area contributed by atoms with Crippen molar-refractivity contribution in [3.63, 3.8) is 0 Å². The molecule has 1 saturated heterocycles. The lowest BCUT2D eigenvalue weighted by atomic mass is 10.1. The molecule has 5 nitrogen and oxygen atoms in total. The van der Waals surface area contributed by atoms with Gasteiger partial charge in [-0.05, 0) is 36.2 Å². The summed E-state index contributed by atoms with van der Waals surface area (Å²) in [6.07, 6.45) is 2.29. The topological polar surface area (TPSA) is 54.5 Å². The molecule has 1 fully saturated rings. The Morgan fingerprint density at radius 3 is 2.52 bits per heavy atom. The summed E-state index contributed by atoms with van der Waals surface area (Å²) in [6, 6.07) is 9.07. The van der Waals surface area contributed by atoms with Crippen LogP contribution in [-0.4, -0.2) is 48.6 Å². The molecule has 1 aliphatic heterocycles. The average Bonchev–Trinajstić information content (AvgIpc) is 2.65. The summed E-state index contributed by atoms with van der Waals surface area (Å²) in [6.45, 7) is 3.06. The number of aromatic nitrogens is 1. The highest BCUT2D eigenvalue weighted by Gasteiger charge is 2.18. The van der Waals surface area contributed by atoms with Gasteiger partial charge in [0.05, 0.1) is 18.8 Å². The Bertz CT molecular complexity index is 711. The van der Waals surface area contributed by atoms with Gasteiger partial charge in [-0.2, -0.15) is 0 Å². The van der Waals surface area contributed by atoms with Crippen molar-refractivity contribution in [3.8, 4) is 0 Å². The number of nitrogens with zero attached hydrogens (tertiary/aromatic N) is 2. The number of pyridine rings is 1. The second kappa shape index (κ2) is 8.52. The Morgan fingerprint density at radius 1 is 1.16 bits per heavy atom. The number of morpholine rings is 1. The van der Waals surface area contributed by atoms with Crippen LogP contribution in [0, 0.1) is 0 Å². The molecule has 0 bridgehead atoms. The predicted molar refractivity (Wildman–Crippen MR) is 99.6 cm³/mol. The van der Waals surface area contributed by atoms with Crippen molar-refractivity contribution in [2.45, 2.75) is 6.42 Å². The fourth-order valence-electron chi connectivity index (χ4n) is 2.66. The van der Waals surface area contributed by atoms with E-state index >= 15 is 0 Å². The van der Waals surface area contributed by atoms with Gasteiger partial charge in [0.2, 0.25) is 0 Å². The van der Waals surface area contributed by atoms with Crippen LogP contribution in [0.3, 0.4) is 0 Å². The Kier molecular flexibility index (Phi) is 6.13. The van der Waals surface area contributed by atoms with Crippen LogP contribution in [0.4, 0.5) is 5.82 Å². The molecule has 3 rings (SSSR count). The second-order valence-electron chi connectivity index (χ2n) is 5.71. The lowest BCUT2D eigenvalue weighted by molar-refractivity contribution is 0.0302. The molecule has 2 aromatic rings. The van der Waals surface area contributed by atoms with Crippen LogP contribution >= 0.6 is 23.2 Å². The Hall–Kier alpha value is -1.82. The van der Waals surface area contributed by atoms with E-state index < -0.39 is 0 Å². The first-order valence-corrected chi connectivity index (χ1v) is 8.90. The highest BCUT2D eigenvalue weighted by Crippen LogP contribution is 2.24. The SMILES string of the molecule is O=C(c1ccc(NCCc2c(Cl)cccc2Cl)nc1)N1CCOCC1. The van der Waals surface area contributed by atoms with Crippen LogP contribution in [-0.2, 0) is 11.2 Å². The Balaban J connectivity index is 1.55. The molecule has 1 N–H and O–H groups in total. The van der Waals surface area contributed by atoms with Gasteiger partial charge in [0.15, 0.2) is 0 Å². The first-order chi connectivity index (χ1) is 12.1. The summed E-state index contributed by atoms with van der Waals surface area (Å²) in [5.74, 6) is 0.701.